The van der Waals surface area contributed by atoms with E-state index in [9.17, 15) is 0 Å². The number of halogens is 1. The van der Waals surface area contributed by atoms with Crippen molar-refractivity contribution in [2.24, 2.45) is 5.73 Å². The third-order valence-electron chi connectivity index (χ3n) is 2.17. The van der Waals surface area contributed by atoms with Crippen molar-refractivity contribution in [2.75, 3.05) is 0 Å². The van der Waals surface area contributed by atoms with Crippen molar-refractivity contribution in [1.29, 1.82) is 0 Å². The number of hydrogen-bond donors (Lipinski definition) is 1. The van der Waals surface area contributed by atoms with E-state index in [1.54, 1.807) is 0 Å². The Balaban J connectivity index is 0. The second-order valence-corrected chi connectivity index (χ2v) is 10.0. The van der Waals surface area contributed by atoms with Gasteiger partial charge >= 0.3 is 90.5 Å². The van der Waals surface area contributed by atoms with E-state index < -0.39 is 20.2 Å². The van der Waals surface area contributed by atoms with E-state index in [1.165, 1.54) is 10.9 Å². The minimum atomic E-state index is -1.42. The van der Waals surface area contributed by atoms with Crippen LogP contribution in [0.4, 0.5) is 0 Å². The zero-order valence-corrected chi connectivity index (χ0v) is 14.3. The van der Waals surface area contributed by atoms with Crippen LogP contribution in [-0.2, 0) is 3.07 Å². The molecule has 0 rings (SSSR count). The average Bonchev–Trinajstić information content (AvgIpc) is 2.03. The summed E-state index contributed by atoms with van der Waals surface area (Å²) in [5, 5.41) is 0. The van der Waals surface area contributed by atoms with Crippen LogP contribution in [0.2, 0.25) is 9.38 Å². The topological polar surface area (TPSA) is 35.2 Å². The molecule has 0 aliphatic rings. The Morgan fingerprint density at radius 1 is 1.36 bits per heavy atom. The van der Waals surface area contributed by atoms with Gasteiger partial charge < -0.3 is 17.0 Å². The van der Waals surface area contributed by atoms with Crippen LogP contribution in [0.1, 0.15) is 40.0 Å². The molecule has 0 fully saturated rings. The minimum Gasteiger partial charge on any atom is -1.00 e. The fraction of sp³-hybridized carbons (Fsp3) is 1.00. The molecule has 86 valence electrons. The SMILES string of the molecule is CCC(C)[O][Sn+]([CH3])[CH2]CCC(C)N.[Br-]. The second kappa shape index (κ2) is 10.7. The van der Waals surface area contributed by atoms with Crippen molar-refractivity contribution in [3.05, 3.63) is 0 Å². The van der Waals surface area contributed by atoms with Crippen molar-refractivity contribution in [1.82, 2.24) is 0 Å². The molecule has 2 atom stereocenters. The van der Waals surface area contributed by atoms with Gasteiger partial charge in [0.15, 0.2) is 0 Å². The van der Waals surface area contributed by atoms with Crippen molar-refractivity contribution >= 4 is 20.2 Å². The summed E-state index contributed by atoms with van der Waals surface area (Å²) in [6.45, 7) is 6.44. The van der Waals surface area contributed by atoms with Crippen LogP contribution >= 0.6 is 0 Å². The molecule has 2 unspecified atom stereocenters. The standard InChI is InChI=1S/C5H12N.C4H9O.CH3.BrH.Sn/c1-3-4-5(2)6;1-3-4(2)5;;;/h5H,1,3-4,6H2,2H3;4H,3H2,1-2H3;1H3;1H;/q;-1;;;+2/p-1. The molecular formula is C10H24BrNOSn. The van der Waals surface area contributed by atoms with Crippen molar-refractivity contribution in [3.8, 4) is 0 Å². The molecule has 0 aromatic heterocycles. The van der Waals surface area contributed by atoms with E-state index in [0.717, 1.165) is 12.8 Å². The molecule has 0 aromatic rings. The summed E-state index contributed by atoms with van der Waals surface area (Å²) in [6, 6.07) is 0.361. The van der Waals surface area contributed by atoms with E-state index in [4.69, 9.17) is 8.81 Å². The zero-order chi connectivity index (χ0) is 10.3. The Labute approximate surface area is 107 Å². The van der Waals surface area contributed by atoms with E-state index in [2.05, 4.69) is 25.7 Å². The first-order valence-electron chi connectivity index (χ1n) is 5.31. The summed E-state index contributed by atoms with van der Waals surface area (Å²) < 4.78 is 7.26. The Morgan fingerprint density at radius 2 is 1.93 bits per heavy atom. The van der Waals surface area contributed by atoms with Crippen LogP contribution in [0.3, 0.4) is 0 Å². The molecular weight excluding hydrogens is 349 g/mol. The van der Waals surface area contributed by atoms with Crippen LogP contribution in [0.5, 0.6) is 0 Å². The van der Waals surface area contributed by atoms with Crippen LogP contribution in [0.25, 0.3) is 0 Å². The van der Waals surface area contributed by atoms with Crippen LogP contribution in [-0.4, -0.2) is 32.3 Å². The van der Waals surface area contributed by atoms with Gasteiger partial charge in [-0.15, -0.1) is 0 Å². The first kappa shape index (κ1) is 17.6. The first-order chi connectivity index (χ1) is 6.06. The Morgan fingerprint density at radius 3 is 2.36 bits per heavy atom. The summed E-state index contributed by atoms with van der Waals surface area (Å²) in [5.74, 6) is 0. The molecule has 0 radical (unpaired) electrons. The zero-order valence-electron chi connectivity index (χ0n) is 9.85. The third-order valence-corrected chi connectivity index (χ3v) is 7.48. The molecule has 0 spiro atoms. The van der Waals surface area contributed by atoms with E-state index in [-0.39, 0.29) is 17.0 Å². The van der Waals surface area contributed by atoms with Crippen molar-refractivity contribution in [2.45, 2.75) is 61.6 Å². The minimum absolute atomic E-state index is 0. The Kier molecular flexibility index (Phi) is 13.5. The summed E-state index contributed by atoms with van der Waals surface area (Å²) in [5.41, 5.74) is 5.69. The van der Waals surface area contributed by atoms with Gasteiger partial charge in [0, 0.05) is 0 Å². The molecule has 2 N–H and O–H groups in total. The fourth-order valence-electron chi connectivity index (χ4n) is 1.16. The molecule has 0 saturated heterocycles. The molecule has 2 nitrogen and oxygen atoms in total. The van der Waals surface area contributed by atoms with Crippen molar-refractivity contribution in [3.63, 3.8) is 0 Å². The normalized spacial score (nSPS) is 14.4. The summed E-state index contributed by atoms with van der Waals surface area (Å²) in [4.78, 5) is 2.34. The van der Waals surface area contributed by atoms with Gasteiger partial charge in [0.1, 0.15) is 0 Å². The molecule has 0 aliphatic carbocycles. The van der Waals surface area contributed by atoms with E-state index in [1.807, 2.05) is 0 Å². The summed E-state index contributed by atoms with van der Waals surface area (Å²) in [6.07, 6.45) is 4.04. The largest absolute Gasteiger partial charge is 1.00 e. The fourth-order valence-corrected chi connectivity index (χ4v) is 5.93. The molecule has 0 amide bonds. The van der Waals surface area contributed by atoms with Gasteiger partial charge in [-0.05, 0) is 0 Å². The molecule has 4 heteroatoms. The van der Waals surface area contributed by atoms with Gasteiger partial charge in [-0.1, -0.05) is 0 Å². The van der Waals surface area contributed by atoms with E-state index >= 15 is 0 Å². The van der Waals surface area contributed by atoms with Gasteiger partial charge in [-0.3, -0.25) is 0 Å². The first-order valence-corrected chi connectivity index (χ1v) is 11.3. The maximum atomic E-state index is 5.94. The van der Waals surface area contributed by atoms with Gasteiger partial charge in [-0.2, -0.15) is 0 Å². The number of rotatable bonds is 7. The molecule has 14 heavy (non-hydrogen) atoms. The smallest absolute Gasteiger partial charge is 1.00 e. The van der Waals surface area contributed by atoms with Gasteiger partial charge in [0.05, 0.1) is 0 Å². The predicted octanol–water partition coefficient (Wildman–Crippen LogP) is -0.446. The molecule has 0 saturated carbocycles. The van der Waals surface area contributed by atoms with E-state index in [0.29, 0.717) is 12.1 Å². The maximum Gasteiger partial charge on any atom is -1.00 e. The van der Waals surface area contributed by atoms with Crippen LogP contribution in [0, 0.1) is 0 Å². The number of nitrogens with two attached hydrogens (primary N) is 1. The van der Waals surface area contributed by atoms with Crippen LogP contribution in [0.15, 0.2) is 0 Å². The molecule has 0 heterocycles. The monoisotopic (exact) mass is 373 g/mol. The molecule has 0 aromatic carbocycles. The quantitative estimate of drug-likeness (QED) is 0.615. The average molecular weight is 373 g/mol. The van der Waals surface area contributed by atoms with Crippen LogP contribution < -0.4 is 22.7 Å². The molecule has 0 aliphatic heterocycles. The maximum absolute atomic E-state index is 5.94. The second-order valence-electron chi connectivity index (χ2n) is 3.91. The molecule has 0 bridgehead atoms. The van der Waals surface area contributed by atoms with Gasteiger partial charge in [-0.25, -0.2) is 0 Å². The van der Waals surface area contributed by atoms with Gasteiger partial charge in [0.25, 0.3) is 0 Å². The predicted molar refractivity (Wildman–Crippen MR) is 60.1 cm³/mol. The Bertz CT molecular complexity index is 125. The summed E-state index contributed by atoms with van der Waals surface area (Å²) in [7, 11) is 0. The van der Waals surface area contributed by atoms with Crippen molar-refractivity contribution < 1.29 is 20.1 Å². The summed E-state index contributed by atoms with van der Waals surface area (Å²) >= 11 is -1.42. The van der Waals surface area contributed by atoms with Gasteiger partial charge in [0.2, 0.25) is 0 Å². The number of hydrogen-bond acceptors (Lipinski definition) is 2. The Hall–Kier alpha value is 1.20. The third kappa shape index (κ3) is 11.3.